The number of aromatic nitrogens is 2. The van der Waals surface area contributed by atoms with Gasteiger partial charge in [0.1, 0.15) is 12.1 Å². The summed E-state index contributed by atoms with van der Waals surface area (Å²) in [5.41, 5.74) is 2.06. The fraction of sp³-hybridized carbons (Fsp3) is 0.350. The Kier molecular flexibility index (Phi) is 3.67. The van der Waals surface area contributed by atoms with Crippen molar-refractivity contribution in [3.05, 3.63) is 53.7 Å². The highest BCUT2D eigenvalue weighted by Gasteiger charge is 2.46. The smallest absolute Gasteiger partial charge is 0.228 e. The Labute approximate surface area is 156 Å². The van der Waals surface area contributed by atoms with Crippen LogP contribution in [0, 0.1) is 0 Å². The van der Waals surface area contributed by atoms with Crippen LogP contribution in [-0.2, 0) is 4.79 Å². The minimum Gasteiger partial charge on any atom is -0.355 e. The third-order valence-electron chi connectivity index (χ3n) is 5.75. The summed E-state index contributed by atoms with van der Waals surface area (Å²) >= 11 is 1.69. The number of hydrogen-bond acceptors (Lipinski definition) is 5. The summed E-state index contributed by atoms with van der Waals surface area (Å²) in [5.74, 6) is 1.18. The first-order chi connectivity index (χ1) is 12.7. The van der Waals surface area contributed by atoms with Crippen LogP contribution in [0.25, 0.3) is 10.2 Å². The number of fused-ring (bicyclic) bond motifs is 1. The Bertz CT molecular complexity index is 947. The van der Waals surface area contributed by atoms with E-state index in [-0.39, 0.29) is 17.4 Å². The van der Waals surface area contributed by atoms with Crippen LogP contribution in [0.1, 0.15) is 30.7 Å². The van der Waals surface area contributed by atoms with Crippen LogP contribution < -0.4 is 10.2 Å². The number of nitrogens with one attached hydrogen (secondary N) is 1. The highest BCUT2D eigenvalue weighted by molar-refractivity contribution is 7.17. The van der Waals surface area contributed by atoms with Crippen molar-refractivity contribution in [1.82, 2.24) is 15.3 Å². The average molecular weight is 364 g/mol. The van der Waals surface area contributed by atoms with Crippen LogP contribution in [0.3, 0.4) is 0 Å². The van der Waals surface area contributed by atoms with E-state index in [1.165, 1.54) is 0 Å². The molecule has 1 atom stereocenters. The first-order valence-corrected chi connectivity index (χ1v) is 9.92. The zero-order valence-corrected chi connectivity index (χ0v) is 15.2. The summed E-state index contributed by atoms with van der Waals surface area (Å²) in [6.07, 6.45) is 4.46. The molecule has 0 unspecified atom stereocenters. The van der Waals surface area contributed by atoms with Gasteiger partial charge in [0.2, 0.25) is 5.91 Å². The molecule has 2 aliphatic rings. The second-order valence-electron chi connectivity index (χ2n) is 7.26. The van der Waals surface area contributed by atoms with Gasteiger partial charge in [-0.2, -0.15) is 0 Å². The summed E-state index contributed by atoms with van der Waals surface area (Å²) in [6, 6.07) is 12.2. The first-order valence-electron chi connectivity index (χ1n) is 9.04. The quantitative estimate of drug-likeness (QED) is 0.758. The SMILES string of the molecule is O=C1NC2(CCN(c3ncnc4ccsc34)CC2)C[C@@H]1c1ccccc1. The number of benzene rings is 1. The molecule has 5 nitrogen and oxygen atoms in total. The Hall–Kier alpha value is -2.47. The minimum atomic E-state index is -0.0737. The molecule has 5 rings (SSSR count). The van der Waals surface area contributed by atoms with Gasteiger partial charge in [0.15, 0.2) is 0 Å². The maximum absolute atomic E-state index is 12.6. The molecule has 1 aromatic carbocycles. The molecule has 1 spiro atoms. The number of nitrogens with zero attached hydrogens (tertiary/aromatic N) is 3. The standard InChI is InChI=1S/C20H20N4OS/c25-19-15(14-4-2-1-3-5-14)12-20(23-19)7-9-24(10-8-20)18-17-16(6-11-26-17)21-13-22-18/h1-6,11,13,15H,7-10,12H2,(H,23,25)/t15-/m1/s1. The molecule has 0 radical (unpaired) electrons. The topological polar surface area (TPSA) is 58.1 Å². The number of anilines is 1. The number of rotatable bonds is 2. The van der Waals surface area contributed by atoms with Crippen LogP contribution in [0.15, 0.2) is 48.1 Å². The number of carbonyl (C=O) groups excluding carboxylic acids is 1. The third kappa shape index (κ3) is 2.56. The van der Waals surface area contributed by atoms with Gasteiger partial charge in [0.05, 0.1) is 16.1 Å². The maximum atomic E-state index is 12.6. The number of amides is 1. The summed E-state index contributed by atoms with van der Waals surface area (Å²) in [5, 5.41) is 5.39. The lowest BCUT2D eigenvalue weighted by atomic mass is 9.82. The van der Waals surface area contributed by atoms with E-state index in [9.17, 15) is 4.79 Å². The van der Waals surface area contributed by atoms with E-state index in [0.717, 1.165) is 53.9 Å². The highest BCUT2D eigenvalue weighted by Crippen LogP contribution is 2.40. The van der Waals surface area contributed by atoms with Gasteiger partial charge >= 0.3 is 0 Å². The van der Waals surface area contributed by atoms with Crippen molar-refractivity contribution in [2.45, 2.75) is 30.7 Å². The Morgan fingerprint density at radius 1 is 1.12 bits per heavy atom. The number of hydrogen-bond donors (Lipinski definition) is 1. The molecule has 2 aromatic heterocycles. The lowest BCUT2D eigenvalue weighted by Gasteiger charge is -2.39. The zero-order valence-electron chi connectivity index (χ0n) is 14.4. The third-order valence-corrected chi connectivity index (χ3v) is 6.65. The van der Waals surface area contributed by atoms with E-state index < -0.39 is 0 Å². The Balaban J connectivity index is 1.34. The second kappa shape index (κ2) is 6.06. The van der Waals surface area contributed by atoms with Crippen molar-refractivity contribution in [2.75, 3.05) is 18.0 Å². The predicted molar refractivity (Wildman–Crippen MR) is 104 cm³/mol. The molecule has 2 aliphatic heterocycles. The average Bonchev–Trinajstić information content (AvgIpc) is 3.28. The van der Waals surface area contributed by atoms with E-state index in [1.54, 1.807) is 17.7 Å². The molecule has 0 bridgehead atoms. The molecule has 2 saturated heterocycles. The predicted octanol–water partition coefficient (Wildman–Crippen LogP) is 3.33. The minimum absolute atomic E-state index is 0.0224. The van der Waals surface area contributed by atoms with Crippen LogP contribution in [0.5, 0.6) is 0 Å². The van der Waals surface area contributed by atoms with Crippen LogP contribution in [-0.4, -0.2) is 34.5 Å². The lowest BCUT2D eigenvalue weighted by molar-refractivity contribution is -0.121. The molecule has 26 heavy (non-hydrogen) atoms. The summed E-state index contributed by atoms with van der Waals surface area (Å²) in [7, 11) is 0. The van der Waals surface area contributed by atoms with Crippen LogP contribution >= 0.6 is 11.3 Å². The van der Waals surface area contributed by atoms with Crippen molar-refractivity contribution in [2.24, 2.45) is 0 Å². The summed E-state index contributed by atoms with van der Waals surface area (Å²) < 4.78 is 1.15. The van der Waals surface area contributed by atoms with E-state index in [4.69, 9.17) is 0 Å². The fourth-order valence-electron chi connectivity index (χ4n) is 4.31. The Morgan fingerprint density at radius 3 is 2.73 bits per heavy atom. The van der Waals surface area contributed by atoms with Crippen molar-refractivity contribution in [3.8, 4) is 0 Å². The summed E-state index contributed by atoms with van der Waals surface area (Å²) in [4.78, 5) is 23.8. The van der Waals surface area contributed by atoms with Crippen molar-refractivity contribution in [1.29, 1.82) is 0 Å². The fourth-order valence-corrected chi connectivity index (χ4v) is 5.18. The van der Waals surface area contributed by atoms with Crippen molar-refractivity contribution in [3.63, 3.8) is 0 Å². The highest BCUT2D eigenvalue weighted by atomic mass is 32.1. The Morgan fingerprint density at radius 2 is 1.92 bits per heavy atom. The van der Waals surface area contributed by atoms with Gasteiger partial charge < -0.3 is 10.2 Å². The van der Waals surface area contributed by atoms with E-state index >= 15 is 0 Å². The first kappa shape index (κ1) is 15.8. The van der Waals surface area contributed by atoms with Gasteiger partial charge in [-0.1, -0.05) is 30.3 Å². The molecule has 3 aromatic rings. The lowest BCUT2D eigenvalue weighted by Crippen LogP contribution is -2.51. The molecule has 132 valence electrons. The largest absolute Gasteiger partial charge is 0.355 e. The number of thiophene rings is 1. The second-order valence-corrected chi connectivity index (χ2v) is 8.17. The molecule has 0 aliphatic carbocycles. The maximum Gasteiger partial charge on any atom is 0.228 e. The van der Waals surface area contributed by atoms with Gasteiger partial charge in [0, 0.05) is 18.6 Å². The normalized spacial score (nSPS) is 22.1. The molecule has 1 amide bonds. The van der Waals surface area contributed by atoms with Gasteiger partial charge in [-0.3, -0.25) is 4.79 Å². The van der Waals surface area contributed by atoms with Crippen molar-refractivity contribution < 1.29 is 4.79 Å². The number of piperidine rings is 1. The summed E-state index contributed by atoms with van der Waals surface area (Å²) in [6.45, 7) is 1.82. The molecule has 2 fully saturated rings. The molecular formula is C20H20N4OS. The molecule has 1 N–H and O–H groups in total. The molecule has 4 heterocycles. The monoisotopic (exact) mass is 364 g/mol. The molecule has 6 heteroatoms. The van der Waals surface area contributed by atoms with Gasteiger partial charge in [-0.25, -0.2) is 9.97 Å². The molecular weight excluding hydrogens is 344 g/mol. The van der Waals surface area contributed by atoms with Gasteiger partial charge in [0.25, 0.3) is 0 Å². The van der Waals surface area contributed by atoms with E-state index in [2.05, 4.69) is 37.7 Å². The van der Waals surface area contributed by atoms with E-state index in [0.29, 0.717) is 0 Å². The van der Waals surface area contributed by atoms with Gasteiger partial charge in [-0.05, 0) is 36.3 Å². The van der Waals surface area contributed by atoms with Gasteiger partial charge in [-0.15, -0.1) is 11.3 Å². The van der Waals surface area contributed by atoms with Crippen LogP contribution in [0.2, 0.25) is 0 Å². The van der Waals surface area contributed by atoms with Crippen molar-refractivity contribution >= 4 is 33.3 Å². The van der Waals surface area contributed by atoms with E-state index in [1.807, 2.05) is 24.3 Å². The number of carbonyl (C=O) groups is 1. The zero-order chi connectivity index (χ0) is 17.6. The molecule has 0 saturated carbocycles. The van der Waals surface area contributed by atoms with Crippen LogP contribution in [0.4, 0.5) is 5.82 Å².